The van der Waals surface area contributed by atoms with Gasteiger partial charge < -0.3 is 15.0 Å². The van der Waals surface area contributed by atoms with Crippen molar-refractivity contribution in [2.45, 2.75) is 59.0 Å². The first-order chi connectivity index (χ1) is 17.6. The zero-order chi connectivity index (χ0) is 27.4. The van der Waals surface area contributed by atoms with E-state index in [9.17, 15) is 22.4 Å². The van der Waals surface area contributed by atoms with Gasteiger partial charge in [0.1, 0.15) is 17.6 Å². The van der Waals surface area contributed by atoms with Gasteiger partial charge in [-0.15, -0.1) is 0 Å². The van der Waals surface area contributed by atoms with Gasteiger partial charge in [-0.2, -0.15) is 0 Å². The van der Waals surface area contributed by atoms with Crippen molar-refractivity contribution in [1.82, 2.24) is 10.2 Å². The largest absolute Gasteiger partial charge is 0.492 e. The minimum Gasteiger partial charge on any atom is -0.492 e. The van der Waals surface area contributed by atoms with E-state index in [1.54, 1.807) is 49.4 Å². The van der Waals surface area contributed by atoms with Gasteiger partial charge in [0.2, 0.25) is 21.8 Å². The van der Waals surface area contributed by atoms with Crippen LogP contribution in [0.1, 0.15) is 52.0 Å². The molecule has 0 unspecified atom stereocenters. The van der Waals surface area contributed by atoms with E-state index in [0.29, 0.717) is 30.2 Å². The van der Waals surface area contributed by atoms with Crippen LogP contribution in [-0.4, -0.2) is 57.1 Å². The first-order valence-electron chi connectivity index (χ1n) is 12.6. The number of unbranched alkanes of at least 4 members (excludes halogenated alkanes) is 1. The Morgan fingerprint density at radius 3 is 2.38 bits per heavy atom. The van der Waals surface area contributed by atoms with E-state index >= 15 is 0 Å². The summed E-state index contributed by atoms with van der Waals surface area (Å²) >= 11 is 0. The fourth-order valence-corrected chi connectivity index (χ4v) is 4.82. The molecular weight excluding hydrogens is 497 g/mol. The van der Waals surface area contributed by atoms with Crippen LogP contribution in [0.25, 0.3) is 0 Å². The minimum absolute atomic E-state index is 0.0240. The molecule has 0 radical (unpaired) electrons. The maximum atomic E-state index is 14.4. The molecule has 0 aliphatic heterocycles. The van der Waals surface area contributed by atoms with Crippen LogP contribution >= 0.6 is 0 Å². The Hall–Kier alpha value is -3.14. The Bertz CT molecular complexity index is 1140. The SMILES string of the molecule is CCCCNC(=O)[C@H](C)N(Cc1ccccc1F)C(=O)CCCN(c1ccccc1OCC)S(C)(=O)=O. The predicted octanol–water partition coefficient (Wildman–Crippen LogP) is 4.10. The third kappa shape index (κ3) is 9.03. The number of benzene rings is 2. The van der Waals surface area contributed by atoms with E-state index in [4.69, 9.17) is 4.74 Å². The Morgan fingerprint density at radius 1 is 1.05 bits per heavy atom. The van der Waals surface area contributed by atoms with Crippen LogP contribution in [0.3, 0.4) is 0 Å². The molecule has 0 bridgehead atoms. The van der Waals surface area contributed by atoms with Gasteiger partial charge in [-0.25, -0.2) is 12.8 Å². The van der Waals surface area contributed by atoms with Gasteiger partial charge in [0.05, 0.1) is 18.6 Å². The highest BCUT2D eigenvalue weighted by molar-refractivity contribution is 7.92. The van der Waals surface area contributed by atoms with Crippen molar-refractivity contribution < 1.29 is 27.1 Å². The molecule has 0 aliphatic rings. The van der Waals surface area contributed by atoms with Crippen molar-refractivity contribution in [3.63, 3.8) is 0 Å². The lowest BCUT2D eigenvalue weighted by Gasteiger charge is -2.29. The van der Waals surface area contributed by atoms with Crippen molar-refractivity contribution in [3.05, 3.63) is 59.9 Å². The second-order valence-electron chi connectivity index (χ2n) is 8.77. The smallest absolute Gasteiger partial charge is 0.242 e. The fraction of sp³-hybridized carbons (Fsp3) is 0.481. The van der Waals surface area contributed by atoms with Crippen LogP contribution in [0.4, 0.5) is 10.1 Å². The van der Waals surface area contributed by atoms with Gasteiger partial charge >= 0.3 is 0 Å². The summed E-state index contributed by atoms with van der Waals surface area (Å²) in [5.41, 5.74) is 0.693. The molecule has 0 heterocycles. The van der Waals surface area contributed by atoms with Crippen molar-refractivity contribution in [3.8, 4) is 5.75 Å². The number of ether oxygens (including phenoxy) is 1. The number of amides is 2. The molecule has 0 saturated heterocycles. The van der Waals surface area contributed by atoms with E-state index in [-0.39, 0.29) is 37.7 Å². The molecule has 1 atom stereocenters. The molecule has 0 aromatic heterocycles. The number of carbonyl (C=O) groups excluding carboxylic acids is 2. The van der Waals surface area contributed by atoms with Gasteiger partial charge in [0.25, 0.3) is 0 Å². The van der Waals surface area contributed by atoms with Crippen LogP contribution in [-0.2, 0) is 26.2 Å². The minimum atomic E-state index is -3.66. The molecular formula is C27H38FN3O5S. The Kier molecular flexibility index (Phi) is 11.8. The van der Waals surface area contributed by atoms with Gasteiger partial charge in [-0.05, 0) is 44.9 Å². The summed E-state index contributed by atoms with van der Waals surface area (Å²) in [6.45, 7) is 6.26. The molecule has 0 saturated carbocycles. The highest BCUT2D eigenvalue weighted by atomic mass is 32.2. The zero-order valence-electron chi connectivity index (χ0n) is 22.1. The molecule has 10 heteroatoms. The molecule has 2 amide bonds. The quantitative estimate of drug-likeness (QED) is 0.347. The van der Waals surface area contributed by atoms with E-state index < -0.39 is 21.9 Å². The zero-order valence-corrected chi connectivity index (χ0v) is 22.9. The number of carbonyl (C=O) groups is 2. The van der Waals surface area contributed by atoms with Gasteiger partial charge in [0.15, 0.2) is 0 Å². The van der Waals surface area contributed by atoms with E-state index in [2.05, 4.69) is 5.32 Å². The van der Waals surface area contributed by atoms with Gasteiger partial charge in [-0.1, -0.05) is 43.7 Å². The summed E-state index contributed by atoms with van der Waals surface area (Å²) < 4.78 is 46.3. The summed E-state index contributed by atoms with van der Waals surface area (Å²) in [5.74, 6) is -0.718. The Balaban J connectivity index is 2.19. The molecule has 37 heavy (non-hydrogen) atoms. The summed E-state index contributed by atoms with van der Waals surface area (Å²) in [4.78, 5) is 27.4. The topological polar surface area (TPSA) is 96.0 Å². The fourth-order valence-electron chi connectivity index (χ4n) is 3.85. The summed E-state index contributed by atoms with van der Waals surface area (Å²) in [6, 6.07) is 12.1. The highest BCUT2D eigenvalue weighted by Gasteiger charge is 2.27. The third-order valence-corrected chi connectivity index (χ3v) is 7.06. The number of halogens is 1. The molecule has 8 nitrogen and oxygen atoms in total. The molecule has 2 aromatic carbocycles. The summed E-state index contributed by atoms with van der Waals surface area (Å²) in [5, 5.41) is 2.82. The molecule has 204 valence electrons. The average molecular weight is 536 g/mol. The van der Waals surface area contributed by atoms with Crippen LogP contribution in [0.2, 0.25) is 0 Å². The Labute approximate surface area is 219 Å². The monoisotopic (exact) mass is 535 g/mol. The number of nitrogens with one attached hydrogen (secondary N) is 1. The number of rotatable bonds is 15. The Morgan fingerprint density at radius 2 is 1.73 bits per heavy atom. The number of sulfonamides is 1. The van der Waals surface area contributed by atoms with Gasteiger partial charge in [-0.3, -0.25) is 13.9 Å². The number of para-hydroxylation sites is 2. The highest BCUT2D eigenvalue weighted by Crippen LogP contribution is 2.30. The third-order valence-electron chi connectivity index (χ3n) is 5.88. The standard InChI is InChI=1S/C27H38FN3O5S/c1-5-7-18-29-27(33)21(3)30(20-22-13-8-9-14-23(22)28)26(32)17-12-19-31(37(4,34)35)24-15-10-11-16-25(24)36-6-2/h8-11,13-16,21H,5-7,12,17-20H2,1-4H3,(H,29,33)/t21-/m0/s1. The maximum absolute atomic E-state index is 14.4. The van der Waals surface area contributed by atoms with Crippen molar-refractivity contribution in [1.29, 1.82) is 0 Å². The van der Waals surface area contributed by atoms with E-state index in [0.717, 1.165) is 19.1 Å². The summed E-state index contributed by atoms with van der Waals surface area (Å²) in [6.07, 6.45) is 3.00. The lowest BCUT2D eigenvalue weighted by atomic mass is 10.1. The maximum Gasteiger partial charge on any atom is 0.242 e. The molecule has 0 spiro atoms. The first kappa shape index (κ1) is 30.1. The van der Waals surface area contributed by atoms with Crippen molar-refractivity contribution in [2.24, 2.45) is 0 Å². The van der Waals surface area contributed by atoms with Crippen molar-refractivity contribution in [2.75, 3.05) is 30.3 Å². The lowest BCUT2D eigenvalue weighted by Crippen LogP contribution is -2.48. The normalized spacial score (nSPS) is 12.0. The van der Waals surface area contributed by atoms with Crippen molar-refractivity contribution >= 4 is 27.5 Å². The second kappa shape index (κ2) is 14.6. The molecule has 0 aliphatic carbocycles. The molecule has 0 fully saturated rings. The number of anilines is 1. The van der Waals surface area contributed by atoms with Gasteiger partial charge in [0, 0.05) is 31.6 Å². The predicted molar refractivity (Wildman–Crippen MR) is 143 cm³/mol. The molecule has 1 N–H and O–H groups in total. The van der Waals surface area contributed by atoms with Crippen LogP contribution in [0.15, 0.2) is 48.5 Å². The lowest BCUT2D eigenvalue weighted by molar-refractivity contribution is -0.140. The number of hydrogen-bond donors (Lipinski definition) is 1. The molecule has 2 rings (SSSR count). The molecule has 2 aromatic rings. The van der Waals surface area contributed by atoms with Crippen LogP contribution in [0, 0.1) is 5.82 Å². The number of hydrogen-bond acceptors (Lipinski definition) is 5. The average Bonchev–Trinajstić information content (AvgIpc) is 2.85. The van der Waals surface area contributed by atoms with Crippen LogP contribution < -0.4 is 14.4 Å². The van der Waals surface area contributed by atoms with Crippen LogP contribution in [0.5, 0.6) is 5.75 Å². The van der Waals surface area contributed by atoms with E-state index in [1.807, 2.05) is 13.8 Å². The summed E-state index contributed by atoms with van der Waals surface area (Å²) in [7, 11) is -3.66. The first-order valence-corrected chi connectivity index (χ1v) is 14.4. The number of nitrogens with zero attached hydrogens (tertiary/aromatic N) is 2. The van der Waals surface area contributed by atoms with E-state index in [1.165, 1.54) is 15.3 Å². The second-order valence-corrected chi connectivity index (χ2v) is 10.7.